The fourth-order valence-electron chi connectivity index (χ4n) is 2.12. The summed E-state index contributed by atoms with van der Waals surface area (Å²) in [6.45, 7) is 3.99. The fraction of sp³-hybridized carbons (Fsp3) is 0.200. The van der Waals surface area contributed by atoms with Crippen LogP contribution in [0, 0.1) is 6.92 Å². The van der Waals surface area contributed by atoms with Crippen LogP contribution in [0.4, 0.5) is 5.69 Å². The number of hydrogen-bond acceptors (Lipinski definition) is 4. The van der Waals surface area contributed by atoms with Crippen molar-refractivity contribution in [3.8, 4) is 5.82 Å². The summed E-state index contributed by atoms with van der Waals surface area (Å²) in [7, 11) is 0. The van der Waals surface area contributed by atoms with Crippen LogP contribution in [0.5, 0.6) is 0 Å². The standard InChI is InChI=1S/C15H15BrN4O/c1-10(13-4-5-14(16)21-13)19-12-3-6-15(18-9-12)20-8-7-17-11(20)2/h3-10,19H,1-2H3. The molecule has 0 saturated carbocycles. The molecule has 108 valence electrons. The van der Waals surface area contributed by atoms with E-state index in [1.165, 1.54) is 0 Å². The molecule has 0 aliphatic heterocycles. The fourth-order valence-corrected chi connectivity index (χ4v) is 2.44. The van der Waals surface area contributed by atoms with Gasteiger partial charge in [-0.25, -0.2) is 9.97 Å². The molecule has 3 rings (SSSR count). The van der Waals surface area contributed by atoms with E-state index in [0.29, 0.717) is 0 Å². The van der Waals surface area contributed by atoms with E-state index in [4.69, 9.17) is 4.42 Å². The molecular weight excluding hydrogens is 332 g/mol. The third kappa shape index (κ3) is 3.00. The van der Waals surface area contributed by atoms with Crippen molar-refractivity contribution in [3.05, 3.63) is 59.1 Å². The second-order valence-corrected chi connectivity index (χ2v) is 5.54. The van der Waals surface area contributed by atoms with Gasteiger partial charge in [0.1, 0.15) is 17.4 Å². The number of hydrogen-bond donors (Lipinski definition) is 1. The van der Waals surface area contributed by atoms with Crippen molar-refractivity contribution in [2.75, 3.05) is 5.32 Å². The Kier molecular flexibility index (Phi) is 3.79. The molecular formula is C15H15BrN4O. The quantitative estimate of drug-likeness (QED) is 0.772. The topological polar surface area (TPSA) is 55.9 Å². The molecule has 0 aliphatic carbocycles. The average Bonchev–Trinajstić information content (AvgIpc) is 3.08. The molecule has 6 heteroatoms. The molecule has 1 atom stereocenters. The van der Waals surface area contributed by atoms with Gasteiger partial charge in [-0.05, 0) is 54.0 Å². The van der Waals surface area contributed by atoms with Gasteiger partial charge in [0.05, 0.1) is 17.9 Å². The van der Waals surface area contributed by atoms with Crippen LogP contribution >= 0.6 is 15.9 Å². The van der Waals surface area contributed by atoms with E-state index in [-0.39, 0.29) is 6.04 Å². The van der Waals surface area contributed by atoms with Crippen molar-refractivity contribution >= 4 is 21.6 Å². The molecule has 5 nitrogen and oxygen atoms in total. The lowest BCUT2D eigenvalue weighted by atomic mass is 10.2. The van der Waals surface area contributed by atoms with Crippen LogP contribution in [0.3, 0.4) is 0 Å². The summed E-state index contributed by atoms with van der Waals surface area (Å²) in [6, 6.07) is 7.85. The molecule has 3 heterocycles. The third-order valence-corrected chi connectivity index (χ3v) is 3.65. The van der Waals surface area contributed by atoms with E-state index >= 15 is 0 Å². The van der Waals surface area contributed by atoms with Crippen molar-refractivity contribution in [2.24, 2.45) is 0 Å². The number of halogens is 1. The Morgan fingerprint density at radius 3 is 2.67 bits per heavy atom. The van der Waals surface area contributed by atoms with E-state index in [0.717, 1.165) is 27.8 Å². The normalized spacial score (nSPS) is 12.3. The molecule has 0 saturated heterocycles. The van der Waals surface area contributed by atoms with E-state index < -0.39 is 0 Å². The van der Waals surface area contributed by atoms with Gasteiger partial charge in [0.25, 0.3) is 0 Å². The van der Waals surface area contributed by atoms with E-state index in [1.807, 2.05) is 55.1 Å². The maximum absolute atomic E-state index is 5.54. The first-order valence-corrected chi connectivity index (χ1v) is 7.41. The highest BCUT2D eigenvalue weighted by Crippen LogP contribution is 2.23. The molecule has 3 aromatic rings. The zero-order chi connectivity index (χ0) is 14.8. The average molecular weight is 347 g/mol. The van der Waals surface area contributed by atoms with Gasteiger partial charge in [-0.1, -0.05) is 0 Å². The van der Waals surface area contributed by atoms with Crippen LogP contribution in [-0.2, 0) is 0 Å². The summed E-state index contributed by atoms with van der Waals surface area (Å²) in [5.74, 6) is 2.64. The van der Waals surface area contributed by atoms with E-state index in [1.54, 1.807) is 6.20 Å². The Morgan fingerprint density at radius 1 is 1.24 bits per heavy atom. The van der Waals surface area contributed by atoms with Gasteiger partial charge in [-0.2, -0.15) is 0 Å². The maximum atomic E-state index is 5.54. The SMILES string of the molecule is Cc1nccn1-c1ccc(NC(C)c2ccc(Br)o2)cn1. The number of imidazole rings is 1. The zero-order valence-corrected chi connectivity index (χ0v) is 13.3. The lowest BCUT2D eigenvalue weighted by molar-refractivity contribution is 0.471. The molecule has 21 heavy (non-hydrogen) atoms. The van der Waals surface area contributed by atoms with Crippen LogP contribution in [0.1, 0.15) is 24.6 Å². The lowest BCUT2D eigenvalue weighted by Gasteiger charge is -2.13. The third-order valence-electron chi connectivity index (χ3n) is 3.22. The molecule has 1 unspecified atom stereocenters. The Hall–Kier alpha value is -2.08. The Morgan fingerprint density at radius 2 is 2.10 bits per heavy atom. The minimum absolute atomic E-state index is 0.0685. The Balaban J connectivity index is 1.74. The number of aryl methyl sites for hydroxylation is 1. The number of rotatable bonds is 4. The van der Waals surface area contributed by atoms with Crippen molar-refractivity contribution in [3.63, 3.8) is 0 Å². The number of aromatic nitrogens is 3. The molecule has 0 fully saturated rings. The summed E-state index contributed by atoms with van der Waals surface area (Å²) < 4.78 is 8.21. The number of nitrogens with zero attached hydrogens (tertiary/aromatic N) is 3. The minimum atomic E-state index is 0.0685. The van der Waals surface area contributed by atoms with E-state index in [2.05, 4.69) is 31.2 Å². The summed E-state index contributed by atoms with van der Waals surface area (Å²) in [5, 5.41) is 3.36. The summed E-state index contributed by atoms with van der Waals surface area (Å²) >= 11 is 3.31. The van der Waals surface area contributed by atoms with Crippen molar-refractivity contribution in [1.82, 2.24) is 14.5 Å². The summed E-state index contributed by atoms with van der Waals surface area (Å²) in [4.78, 5) is 8.65. The second-order valence-electron chi connectivity index (χ2n) is 4.76. The second kappa shape index (κ2) is 5.73. The molecule has 0 bridgehead atoms. The highest BCUT2D eigenvalue weighted by atomic mass is 79.9. The van der Waals surface area contributed by atoms with Crippen LogP contribution in [0.15, 0.2) is 51.9 Å². The Bertz CT molecular complexity index is 732. The predicted molar refractivity (Wildman–Crippen MR) is 84.5 cm³/mol. The maximum Gasteiger partial charge on any atom is 0.169 e. The molecule has 0 aromatic carbocycles. The van der Waals surface area contributed by atoms with Gasteiger partial charge in [-0.3, -0.25) is 4.57 Å². The van der Waals surface area contributed by atoms with Gasteiger partial charge in [0, 0.05) is 12.4 Å². The number of nitrogens with one attached hydrogen (secondary N) is 1. The first-order valence-electron chi connectivity index (χ1n) is 6.61. The first-order chi connectivity index (χ1) is 10.1. The van der Waals surface area contributed by atoms with Gasteiger partial charge in [0.15, 0.2) is 4.67 Å². The minimum Gasteiger partial charge on any atom is -0.452 e. The van der Waals surface area contributed by atoms with Crippen LogP contribution in [0.2, 0.25) is 0 Å². The monoisotopic (exact) mass is 346 g/mol. The van der Waals surface area contributed by atoms with Crippen LogP contribution < -0.4 is 5.32 Å². The van der Waals surface area contributed by atoms with Gasteiger partial charge in [-0.15, -0.1) is 0 Å². The molecule has 0 amide bonds. The predicted octanol–water partition coefficient (Wildman–Crippen LogP) is 4.10. The van der Waals surface area contributed by atoms with Gasteiger partial charge in [0.2, 0.25) is 0 Å². The van der Waals surface area contributed by atoms with Crippen LogP contribution in [-0.4, -0.2) is 14.5 Å². The van der Waals surface area contributed by atoms with Crippen molar-refractivity contribution in [1.29, 1.82) is 0 Å². The summed E-state index contributed by atoms with van der Waals surface area (Å²) in [6.07, 6.45) is 5.47. The van der Waals surface area contributed by atoms with Crippen LogP contribution in [0.25, 0.3) is 5.82 Å². The summed E-state index contributed by atoms with van der Waals surface area (Å²) in [5.41, 5.74) is 0.941. The van der Waals surface area contributed by atoms with E-state index in [9.17, 15) is 0 Å². The number of furan rings is 1. The molecule has 0 spiro atoms. The molecule has 1 N–H and O–H groups in total. The molecule has 0 aliphatic rings. The lowest BCUT2D eigenvalue weighted by Crippen LogP contribution is -2.06. The first kappa shape index (κ1) is 13.9. The molecule has 0 radical (unpaired) electrons. The molecule has 3 aromatic heterocycles. The highest BCUT2D eigenvalue weighted by molar-refractivity contribution is 9.10. The smallest absolute Gasteiger partial charge is 0.169 e. The largest absolute Gasteiger partial charge is 0.452 e. The van der Waals surface area contributed by atoms with Gasteiger partial charge < -0.3 is 9.73 Å². The highest BCUT2D eigenvalue weighted by Gasteiger charge is 2.10. The zero-order valence-electron chi connectivity index (χ0n) is 11.7. The van der Waals surface area contributed by atoms with Crippen molar-refractivity contribution in [2.45, 2.75) is 19.9 Å². The Labute approximate surface area is 131 Å². The number of anilines is 1. The van der Waals surface area contributed by atoms with Gasteiger partial charge >= 0.3 is 0 Å². The van der Waals surface area contributed by atoms with Crippen molar-refractivity contribution < 1.29 is 4.42 Å². The number of pyridine rings is 1.